The Labute approximate surface area is 66.3 Å². The van der Waals surface area contributed by atoms with Crippen molar-refractivity contribution in [3.8, 4) is 0 Å². The summed E-state index contributed by atoms with van der Waals surface area (Å²) in [5.41, 5.74) is 0. The van der Waals surface area contributed by atoms with Gasteiger partial charge in [-0.2, -0.15) is 0 Å². The van der Waals surface area contributed by atoms with Crippen molar-refractivity contribution in [2.24, 2.45) is 0 Å². The SMILES string of the molecule is O=S(=O)(C1CC1)C1(CO)CC1. The lowest BCUT2D eigenvalue weighted by Crippen LogP contribution is -2.30. The van der Waals surface area contributed by atoms with Crippen LogP contribution in [0.15, 0.2) is 0 Å². The van der Waals surface area contributed by atoms with Gasteiger partial charge < -0.3 is 5.11 Å². The lowest BCUT2D eigenvalue weighted by atomic mass is 10.5. The number of aliphatic hydroxyl groups excluding tert-OH is 1. The van der Waals surface area contributed by atoms with Gasteiger partial charge in [-0.3, -0.25) is 0 Å². The van der Waals surface area contributed by atoms with Gasteiger partial charge in [-0.1, -0.05) is 0 Å². The van der Waals surface area contributed by atoms with Crippen LogP contribution in [0.2, 0.25) is 0 Å². The van der Waals surface area contributed by atoms with Gasteiger partial charge in [-0.25, -0.2) is 8.42 Å². The van der Waals surface area contributed by atoms with Crippen molar-refractivity contribution in [3.05, 3.63) is 0 Å². The number of hydrogen-bond donors (Lipinski definition) is 1. The lowest BCUT2D eigenvalue weighted by molar-refractivity contribution is 0.283. The Kier molecular flexibility index (Phi) is 1.36. The summed E-state index contributed by atoms with van der Waals surface area (Å²) < 4.78 is 22.4. The molecule has 2 rings (SSSR count). The highest BCUT2D eigenvalue weighted by molar-refractivity contribution is 7.94. The molecule has 2 aliphatic rings. The van der Waals surface area contributed by atoms with Crippen LogP contribution in [0.1, 0.15) is 25.7 Å². The second-order valence-electron chi connectivity index (χ2n) is 3.59. The average molecular weight is 176 g/mol. The monoisotopic (exact) mass is 176 g/mol. The molecule has 0 aromatic heterocycles. The largest absolute Gasteiger partial charge is 0.395 e. The molecular formula is C7H12O3S. The molecule has 2 aliphatic carbocycles. The maximum Gasteiger partial charge on any atom is 0.161 e. The zero-order chi connectivity index (χ0) is 8.11. The summed E-state index contributed by atoms with van der Waals surface area (Å²) in [6.45, 7) is -0.175. The molecule has 2 saturated carbocycles. The number of hydrogen-bond acceptors (Lipinski definition) is 3. The molecule has 0 radical (unpaired) electrons. The van der Waals surface area contributed by atoms with Gasteiger partial charge >= 0.3 is 0 Å². The van der Waals surface area contributed by atoms with Crippen molar-refractivity contribution in [1.82, 2.24) is 0 Å². The van der Waals surface area contributed by atoms with Gasteiger partial charge in [0.1, 0.15) is 0 Å². The Hall–Kier alpha value is -0.0900. The highest BCUT2D eigenvalue weighted by Crippen LogP contribution is 2.49. The molecule has 0 amide bonds. The summed E-state index contributed by atoms with van der Waals surface area (Å²) in [7, 11) is -2.95. The quantitative estimate of drug-likeness (QED) is 0.663. The van der Waals surface area contributed by atoms with Gasteiger partial charge in [0.05, 0.1) is 16.6 Å². The fourth-order valence-corrected chi connectivity index (χ4v) is 3.72. The second-order valence-corrected chi connectivity index (χ2v) is 6.21. The van der Waals surface area contributed by atoms with E-state index in [1.54, 1.807) is 0 Å². The topological polar surface area (TPSA) is 54.4 Å². The molecule has 3 nitrogen and oxygen atoms in total. The first-order valence-electron chi connectivity index (χ1n) is 3.97. The van der Waals surface area contributed by atoms with E-state index in [1.165, 1.54) is 0 Å². The molecule has 64 valence electrons. The molecule has 0 atom stereocenters. The van der Waals surface area contributed by atoms with Crippen LogP contribution in [0.5, 0.6) is 0 Å². The van der Waals surface area contributed by atoms with Crippen molar-refractivity contribution in [2.75, 3.05) is 6.61 Å². The predicted molar refractivity (Wildman–Crippen MR) is 41.0 cm³/mol. The minimum Gasteiger partial charge on any atom is -0.395 e. The molecule has 0 bridgehead atoms. The predicted octanol–water partition coefficient (Wildman–Crippen LogP) is 0.0885. The normalized spacial score (nSPS) is 28.5. The maximum absolute atomic E-state index is 11.5. The summed E-state index contributed by atoms with van der Waals surface area (Å²) in [4.78, 5) is 0. The summed E-state index contributed by atoms with van der Waals surface area (Å²) in [6.07, 6.45) is 2.96. The number of aliphatic hydroxyl groups is 1. The van der Waals surface area contributed by atoms with Crippen LogP contribution in [0.3, 0.4) is 0 Å². The Bertz CT molecular complexity index is 259. The first-order chi connectivity index (χ1) is 5.12. The van der Waals surface area contributed by atoms with Crippen LogP contribution >= 0.6 is 0 Å². The fourth-order valence-electron chi connectivity index (χ4n) is 1.40. The van der Waals surface area contributed by atoms with Crippen LogP contribution in [-0.4, -0.2) is 30.1 Å². The smallest absolute Gasteiger partial charge is 0.161 e. The molecular weight excluding hydrogens is 164 g/mol. The zero-order valence-corrected chi connectivity index (χ0v) is 7.10. The van der Waals surface area contributed by atoms with E-state index in [-0.39, 0.29) is 11.9 Å². The number of rotatable bonds is 3. The van der Waals surface area contributed by atoms with Crippen molar-refractivity contribution >= 4 is 9.84 Å². The van der Waals surface area contributed by atoms with Crippen molar-refractivity contribution in [2.45, 2.75) is 35.7 Å². The first kappa shape index (κ1) is 7.55. The average Bonchev–Trinajstić information content (AvgIpc) is 2.85. The van der Waals surface area contributed by atoms with Crippen LogP contribution in [-0.2, 0) is 9.84 Å². The van der Waals surface area contributed by atoms with E-state index in [4.69, 9.17) is 5.11 Å². The van der Waals surface area contributed by atoms with Gasteiger partial charge in [-0.05, 0) is 25.7 Å². The molecule has 0 saturated heterocycles. The van der Waals surface area contributed by atoms with E-state index in [1.807, 2.05) is 0 Å². The van der Waals surface area contributed by atoms with Crippen molar-refractivity contribution in [3.63, 3.8) is 0 Å². The van der Waals surface area contributed by atoms with E-state index < -0.39 is 14.6 Å². The van der Waals surface area contributed by atoms with Gasteiger partial charge in [0.15, 0.2) is 9.84 Å². The zero-order valence-electron chi connectivity index (χ0n) is 6.28. The minimum absolute atomic E-state index is 0.114. The summed E-state index contributed by atoms with van der Waals surface area (Å²) in [5, 5.41) is 8.78. The van der Waals surface area contributed by atoms with Gasteiger partial charge in [-0.15, -0.1) is 0 Å². The van der Waals surface area contributed by atoms with Crippen molar-refractivity contribution in [1.29, 1.82) is 0 Å². The molecule has 0 heterocycles. The Morgan fingerprint density at radius 2 is 1.91 bits per heavy atom. The summed E-state index contributed by atoms with van der Waals surface area (Å²) in [5.74, 6) is 0. The molecule has 0 aromatic carbocycles. The lowest BCUT2D eigenvalue weighted by Gasteiger charge is -2.11. The highest BCUT2D eigenvalue weighted by atomic mass is 32.2. The molecule has 4 heteroatoms. The molecule has 1 N–H and O–H groups in total. The Morgan fingerprint density at radius 1 is 1.36 bits per heavy atom. The van der Waals surface area contributed by atoms with E-state index in [0.717, 1.165) is 12.8 Å². The fraction of sp³-hybridized carbons (Fsp3) is 1.00. The standard InChI is InChI=1S/C7H12O3S/c8-5-7(3-4-7)11(9,10)6-1-2-6/h6,8H,1-5H2. The number of sulfone groups is 1. The molecule has 11 heavy (non-hydrogen) atoms. The third-order valence-electron chi connectivity index (χ3n) is 2.66. The molecule has 2 fully saturated rings. The Balaban J connectivity index is 2.25. The van der Waals surface area contributed by atoms with Crippen LogP contribution in [0, 0.1) is 0 Å². The maximum atomic E-state index is 11.5. The van der Waals surface area contributed by atoms with Crippen LogP contribution in [0.4, 0.5) is 0 Å². The second kappa shape index (κ2) is 1.98. The first-order valence-corrected chi connectivity index (χ1v) is 5.51. The van der Waals surface area contributed by atoms with Crippen molar-refractivity contribution < 1.29 is 13.5 Å². The molecule has 0 unspecified atom stereocenters. The minimum atomic E-state index is -2.95. The third kappa shape index (κ3) is 0.924. The van der Waals surface area contributed by atoms with E-state index in [9.17, 15) is 8.42 Å². The van der Waals surface area contributed by atoms with Gasteiger partial charge in [0.25, 0.3) is 0 Å². The highest BCUT2D eigenvalue weighted by Gasteiger charge is 2.58. The summed E-state index contributed by atoms with van der Waals surface area (Å²) in [6, 6.07) is 0. The van der Waals surface area contributed by atoms with Crippen LogP contribution < -0.4 is 0 Å². The van der Waals surface area contributed by atoms with Gasteiger partial charge in [0.2, 0.25) is 0 Å². The van der Waals surface area contributed by atoms with E-state index in [0.29, 0.717) is 12.8 Å². The molecule has 0 spiro atoms. The Morgan fingerprint density at radius 3 is 2.18 bits per heavy atom. The molecule has 0 aromatic rings. The van der Waals surface area contributed by atoms with E-state index >= 15 is 0 Å². The van der Waals surface area contributed by atoms with E-state index in [2.05, 4.69) is 0 Å². The molecule has 0 aliphatic heterocycles. The summed E-state index contributed by atoms with van der Waals surface area (Å²) >= 11 is 0. The van der Waals surface area contributed by atoms with Gasteiger partial charge in [0, 0.05) is 0 Å². The third-order valence-corrected chi connectivity index (χ3v) is 5.76. The van der Waals surface area contributed by atoms with Crippen LogP contribution in [0.25, 0.3) is 0 Å².